The van der Waals surface area contributed by atoms with Gasteiger partial charge in [0.15, 0.2) is 6.10 Å². The van der Waals surface area contributed by atoms with Gasteiger partial charge in [-0.25, -0.2) is 8.42 Å². The standard InChI is InChI=1S/C22H25N3O8S/c1-15(21(26)23-17-3-5-18(6-4-17)25(28)29)33-22(27)16-11-13-24(14-12-16)34(30,31)20-9-7-19(32-2)8-10-20/h3-10,15-16H,11-14H2,1-2H3,(H,23,26). The van der Waals surface area contributed by atoms with E-state index in [4.69, 9.17) is 9.47 Å². The lowest BCUT2D eigenvalue weighted by Crippen LogP contribution is -2.41. The molecule has 1 unspecified atom stereocenters. The predicted molar refractivity (Wildman–Crippen MR) is 122 cm³/mol. The van der Waals surface area contributed by atoms with Gasteiger partial charge in [0.2, 0.25) is 10.0 Å². The number of sulfonamides is 1. The van der Waals surface area contributed by atoms with E-state index in [9.17, 15) is 28.1 Å². The maximum absolute atomic E-state index is 12.8. The second-order valence-electron chi connectivity index (χ2n) is 7.73. The topological polar surface area (TPSA) is 145 Å². The van der Waals surface area contributed by atoms with Gasteiger partial charge in [0.25, 0.3) is 11.6 Å². The van der Waals surface area contributed by atoms with Crippen LogP contribution in [0.3, 0.4) is 0 Å². The average Bonchev–Trinajstić information content (AvgIpc) is 2.84. The van der Waals surface area contributed by atoms with Crippen LogP contribution in [0.15, 0.2) is 53.4 Å². The van der Waals surface area contributed by atoms with Crippen molar-refractivity contribution in [2.24, 2.45) is 5.92 Å². The van der Waals surface area contributed by atoms with Crippen LogP contribution in [0.25, 0.3) is 0 Å². The molecule has 0 saturated carbocycles. The normalized spacial score (nSPS) is 15.8. The van der Waals surface area contributed by atoms with Gasteiger partial charge in [0.1, 0.15) is 5.75 Å². The number of nitro benzene ring substituents is 1. The third kappa shape index (κ3) is 5.88. The summed E-state index contributed by atoms with van der Waals surface area (Å²) in [4.78, 5) is 35.1. The van der Waals surface area contributed by atoms with Gasteiger partial charge in [-0.15, -0.1) is 0 Å². The van der Waals surface area contributed by atoms with E-state index < -0.39 is 38.8 Å². The SMILES string of the molecule is COc1ccc(S(=O)(=O)N2CCC(C(=O)OC(C)C(=O)Nc3ccc([N+](=O)[O-])cc3)CC2)cc1. The molecule has 1 heterocycles. The molecule has 3 rings (SSSR count). The molecule has 1 saturated heterocycles. The molecule has 12 heteroatoms. The van der Waals surface area contributed by atoms with Crippen molar-refractivity contribution in [2.75, 3.05) is 25.5 Å². The molecule has 2 aromatic rings. The molecule has 2 aromatic carbocycles. The van der Waals surface area contributed by atoms with E-state index in [0.717, 1.165) is 0 Å². The Balaban J connectivity index is 1.51. The van der Waals surface area contributed by atoms with Crippen molar-refractivity contribution in [1.82, 2.24) is 4.31 Å². The number of hydrogen-bond donors (Lipinski definition) is 1. The van der Waals surface area contributed by atoms with Crippen LogP contribution in [0, 0.1) is 16.0 Å². The van der Waals surface area contributed by atoms with Crippen molar-refractivity contribution < 1.29 is 32.4 Å². The molecule has 0 spiro atoms. The van der Waals surface area contributed by atoms with Crippen LogP contribution in [0.1, 0.15) is 19.8 Å². The number of anilines is 1. The maximum Gasteiger partial charge on any atom is 0.309 e. The van der Waals surface area contributed by atoms with Gasteiger partial charge >= 0.3 is 5.97 Å². The summed E-state index contributed by atoms with van der Waals surface area (Å²) in [5.41, 5.74) is 0.216. The Morgan fingerprint density at radius 2 is 1.68 bits per heavy atom. The third-order valence-corrected chi connectivity index (χ3v) is 7.41. The molecule has 0 aliphatic carbocycles. The molecule has 1 atom stereocenters. The number of ether oxygens (including phenoxy) is 2. The number of piperidine rings is 1. The van der Waals surface area contributed by atoms with Crippen LogP contribution in [-0.4, -0.2) is 55.8 Å². The number of nitro groups is 1. The van der Waals surface area contributed by atoms with Crippen molar-refractivity contribution in [3.63, 3.8) is 0 Å². The second-order valence-corrected chi connectivity index (χ2v) is 9.66. The summed E-state index contributed by atoms with van der Waals surface area (Å²) < 4.78 is 37.3. The third-order valence-electron chi connectivity index (χ3n) is 5.49. The van der Waals surface area contributed by atoms with Crippen molar-refractivity contribution >= 4 is 33.3 Å². The van der Waals surface area contributed by atoms with E-state index >= 15 is 0 Å². The van der Waals surface area contributed by atoms with E-state index in [0.29, 0.717) is 11.4 Å². The number of esters is 1. The first-order chi connectivity index (χ1) is 16.1. The first-order valence-electron chi connectivity index (χ1n) is 10.5. The molecular weight excluding hydrogens is 466 g/mol. The number of amides is 1. The number of benzene rings is 2. The fraction of sp³-hybridized carbons (Fsp3) is 0.364. The van der Waals surface area contributed by atoms with Gasteiger partial charge in [-0.1, -0.05) is 0 Å². The number of nitrogens with zero attached hydrogens (tertiary/aromatic N) is 2. The van der Waals surface area contributed by atoms with E-state index in [1.165, 1.54) is 54.7 Å². The van der Waals surface area contributed by atoms with E-state index in [1.807, 2.05) is 0 Å². The summed E-state index contributed by atoms with van der Waals surface area (Å²) in [5, 5.41) is 13.2. The molecule has 1 aliphatic heterocycles. The number of hydrogen-bond acceptors (Lipinski definition) is 8. The summed E-state index contributed by atoms with van der Waals surface area (Å²) in [5.74, 6) is -1.14. The Kier molecular flexibility index (Phi) is 7.84. The van der Waals surface area contributed by atoms with Crippen LogP contribution >= 0.6 is 0 Å². The lowest BCUT2D eigenvalue weighted by molar-refractivity contribution is -0.384. The zero-order chi connectivity index (χ0) is 24.9. The molecule has 1 amide bonds. The monoisotopic (exact) mass is 491 g/mol. The molecule has 1 N–H and O–H groups in total. The van der Waals surface area contributed by atoms with E-state index in [-0.39, 0.29) is 36.5 Å². The molecule has 0 radical (unpaired) electrons. The molecule has 1 aliphatic rings. The van der Waals surface area contributed by atoms with Crippen molar-refractivity contribution in [2.45, 2.75) is 30.8 Å². The fourth-order valence-electron chi connectivity index (χ4n) is 3.46. The van der Waals surface area contributed by atoms with Crippen LogP contribution in [0.4, 0.5) is 11.4 Å². The molecule has 1 fully saturated rings. The smallest absolute Gasteiger partial charge is 0.309 e. The van der Waals surface area contributed by atoms with Gasteiger partial charge in [-0.05, 0) is 56.2 Å². The Hall–Kier alpha value is -3.51. The van der Waals surface area contributed by atoms with Gasteiger partial charge in [-0.3, -0.25) is 19.7 Å². The highest BCUT2D eigenvalue weighted by atomic mass is 32.2. The highest BCUT2D eigenvalue weighted by molar-refractivity contribution is 7.89. The largest absolute Gasteiger partial charge is 0.497 e. The zero-order valence-electron chi connectivity index (χ0n) is 18.7. The molecular formula is C22H25N3O8S. The lowest BCUT2D eigenvalue weighted by Gasteiger charge is -2.30. The minimum Gasteiger partial charge on any atom is -0.497 e. The Bertz CT molecular complexity index is 1140. The van der Waals surface area contributed by atoms with E-state index in [2.05, 4.69) is 5.32 Å². The number of methoxy groups -OCH3 is 1. The summed E-state index contributed by atoms with van der Waals surface area (Å²) in [6, 6.07) is 11.3. The van der Waals surface area contributed by atoms with Gasteiger partial charge in [0.05, 0.1) is 22.8 Å². The van der Waals surface area contributed by atoms with Crippen molar-refractivity contribution in [3.8, 4) is 5.75 Å². The first-order valence-corrected chi connectivity index (χ1v) is 12.0. The molecule has 34 heavy (non-hydrogen) atoms. The van der Waals surface area contributed by atoms with Crippen LogP contribution in [0.2, 0.25) is 0 Å². The number of carbonyl (C=O) groups excluding carboxylic acids is 2. The quantitative estimate of drug-likeness (QED) is 0.337. The summed E-state index contributed by atoms with van der Waals surface area (Å²) in [7, 11) is -2.20. The Labute approximate surface area is 196 Å². The summed E-state index contributed by atoms with van der Waals surface area (Å²) in [6.45, 7) is 1.72. The maximum atomic E-state index is 12.8. The summed E-state index contributed by atoms with van der Waals surface area (Å²) in [6.07, 6.45) is -0.556. The van der Waals surface area contributed by atoms with Gasteiger partial charge < -0.3 is 14.8 Å². The van der Waals surface area contributed by atoms with Crippen LogP contribution < -0.4 is 10.1 Å². The average molecular weight is 492 g/mol. The highest BCUT2D eigenvalue weighted by Crippen LogP contribution is 2.26. The number of rotatable bonds is 8. The second kappa shape index (κ2) is 10.6. The van der Waals surface area contributed by atoms with Crippen LogP contribution in [-0.2, 0) is 24.3 Å². The van der Waals surface area contributed by atoms with Gasteiger partial charge in [-0.2, -0.15) is 4.31 Å². The van der Waals surface area contributed by atoms with Crippen LogP contribution in [0.5, 0.6) is 5.75 Å². The minimum absolute atomic E-state index is 0.113. The molecule has 11 nitrogen and oxygen atoms in total. The Morgan fingerprint density at radius 3 is 2.21 bits per heavy atom. The highest BCUT2D eigenvalue weighted by Gasteiger charge is 2.34. The summed E-state index contributed by atoms with van der Waals surface area (Å²) >= 11 is 0. The predicted octanol–water partition coefficient (Wildman–Crippen LogP) is 2.57. The number of non-ortho nitro benzene ring substituents is 1. The fourth-order valence-corrected chi connectivity index (χ4v) is 4.93. The molecule has 0 aromatic heterocycles. The molecule has 0 bridgehead atoms. The molecule has 182 valence electrons. The lowest BCUT2D eigenvalue weighted by atomic mass is 9.98. The van der Waals surface area contributed by atoms with Crippen molar-refractivity contribution in [1.29, 1.82) is 0 Å². The zero-order valence-corrected chi connectivity index (χ0v) is 19.5. The minimum atomic E-state index is -3.70. The van der Waals surface area contributed by atoms with Gasteiger partial charge in [0, 0.05) is 30.9 Å². The first kappa shape index (κ1) is 25.1. The number of carbonyl (C=O) groups is 2. The van der Waals surface area contributed by atoms with E-state index in [1.54, 1.807) is 12.1 Å². The van der Waals surface area contributed by atoms with Crippen molar-refractivity contribution in [3.05, 3.63) is 58.6 Å². The number of nitrogens with one attached hydrogen (secondary N) is 1. The Morgan fingerprint density at radius 1 is 1.09 bits per heavy atom.